The van der Waals surface area contributed by atoms with Gasteiger partial charge in [0.25, 0.3) is 10.0 Å². The fraction of sp³-hybridized carbons (Fsp3) is 0.125. The molecule has 0 aromatic heterocycles. The first kappa shape index (κ1) is 20.2. The molecule has 2 rings (SSSR count). The third-order valence-corrected chi connectivity index (χ3v) is 4.78. The molecule has 0 saturated heterocycles. The Morgan fingerprint density at radius 2 is 1.56 bits per heavy atom. The predicted octanol–water partition coefficient (Wildman–Crippen LogP) is 2.48. The van der Waals surface area contributed by atoms with E-state index in [-0.39, 0.29) is 5.56 Å². The number of hydrogen-bond donors (Lipinski definition) is 1. The normalized spacial score (nSPS) is 11.0. The molecular weight excluding hydrogens is 391 g/mol. The maximum Gasteiger partial charge on any atom is 0.339 e. The highest BCUT2D eigenvalue weighted by atomic mass is 32.2. The Kier molecular flexibility index (Phi) is 5.74. The van der Waals surface area contributed by atoms with Gasteiger partial charge in [-0.05, 0) is 30.3 Å². The summed E-state index contributed by atoms with van der Waals surface area (Å²) in [5.74, 6) is -7.13. The van der Waals surface area contributed by atoms with Crippen molar-refractivity contribution in [3.05, 3.63) is 58.9 Å². The third kappa shape index (κ3) is 4.03. The summed E-state index contributed by atoms with van der Waals surface area (Å²) in [5, 5.41) is 0. The van der Waals surface area contributed by atoms with Crippen molar-refractivity contribution in [2.45, 2.75) is 4.90 Å². The van der Waals surface area contributed by atoms with Crippen molar-refractivity contribution < 1.29 is 40.7 Å². The van der Waals surface area contributed by atoms with Gasteiger partial charge in [0.15, 0.2) is 17.5 Å². The van der Waals surface area contributed by atoms with Gasteiger partial charge in [0.1, 0.15) is 4.90 Å². The number of methoxy groups -OCH3 is 2. The zero-order valence-electron chi connectivity index (χ0n) is 13.9. The number of benzene rings is 2. The predicted molar refractivity (Wildman–Crippen MR) is 86.2 cm³/mol. The Labute approximate surface area is 151 Å². The quantitative estimate of drug-likeness (QED) is 0.608. The number of rotatable bonds is 5. The molecule has 27 heavy (non-hydrogen) atoms. The average molecular weight is 403 g/mol. The van der Waals surface area contributed by atoms with Gasteiger partial charge in [-0.2, -0.15) is 0 Å². The van der Waals surface area contributed by atoms with Gasteiger partial charge >= 0.3 is 11.9 Å². The molecule has 2 aromatic carbocycles. The molecule has 2 aromatic rings. The van der Waals surface area contributed by atoms with Gasteiger partial charge in [0.2, 0.25) is 0 Å². The van der Waals surface area contributed by atoms with Gasteiger partial charge in [-0.25, -0.2) is 31.2 Å². The fourth-order valence-electron chi connectivity index (χ4n) is 2.07. The van der Waals surface area contributed by atoms with Crippen LogP contribution in [0.1, 0.15) is 20.7 Å². The molecule has 7 nitrogen and oxygen atoms in total. The molecule has 0 radical (unpaired) electrons. The standard InChI is InChI=1S/C16H12F3NO6S/c1-25-15(21)8-3-4-9(16(22)26-2)12(7-8)27(23,24)20-11-6-5-10(17)13(18)14(11)19/h3-7,20H,1-2H3. The third-order valence-electron chi connectivity index (χ3n) is 3.38. The van der Waals surface area contributed by atoms with Gasteiger partial charge in [0.05, 0.1) is 31.0 Å². The number of hydrogen-bond acceptors (Lipinski definition) is 6. The van der Waals surface area contributed by atoms with Crippen LogP contribution in [0.5, 0.6) is 0 Å². The Morgan fingerprint density at radius 3 is 2.15 bits per heavy atom. The lowest BCUT2D eigenvalue weighted by Gasteiger charge is -2.13. The Balaban J connectivity index is 2.61. The molecule has 144 valence electrons. The zero-order chi connectivity index (χ0) is 20.4. The van der Waals surface area contributed by atoms with Crippen molar-refractivity contribution in [2.24, 2.45) is 0 Å². The van der Waals surface area contributed by atoms with E-state index < -0.39 is 55.6 Å². The second kappa shape index (κ2) is 7.66. The molecule has 0 saturated carbocycles. The van der Waals surface area contributed by atoms with Crippen molar-refractivity contribution in [2.75, 3.05) is 18.9 Å². The van der Waals surface area contributed by atoms with E-state index in [1.807, 2.05) is 0 Å². The molecule has 11 heteroatoms. The number of halogens is 3. The summed E-state index contributed by atoms with van der Waals surface area (Å²) < 4.78 is 76.0. The van der Waals surface area contributed by atoms with E-state index in [1.165, 1.54) is 0 Å². The van der Waals surface area contributed by atoms with E-state index in [0.717, 1.165) is 32.4 Å². The number of carbonyl (C=O) groups is 2. The number of esters is 2. The van der Waals surface area contributed by atoms with E-state index in [9.17, 15) is 31.2 Å². The summed E-state index contributed by atoms with van der Waals surface area (Å²) in [6, 6.07) is 4.09. The lowest BCUT2D eigenvalue weighted by atomic mass is 10.1. The highest BCUT2D eigenvalue weighted by Gasteiger charge is 2.27. The number of sulfonamides is 1. The Bertz CT molecular complexity index is 1020. The molecule has 0 aliphatic rings. The van der Waals surface area contributed by atoms with Gasteiger partial charge in [0, 0.05) is 0 Å². The fourth-order valence-corrected chi connectivity index (χ4v) is 3.35. The first-order valence-corrected chi connectivity index (χ1v) is 8.57. The maximum absolute atomic E-state index is 13.8. The summed E-state index contributed by atoms with van der Waals surface area (Å²) >= 11 is 0. The molecule has 0 unspecified atom stereocenters. The second-order valence-electron chi connectivity index (χ2n) is 5.02. The van der Waals surface area contributed by atoms with E-state index in [0.29, 0.717) is 12.1 Å². The molecule has 0 heterocycles. The minimum absolute atomic E-state index is 0.226. The molecule has 0 aliphatic carbocycles. The summed E-state index contributed by atoms with van der Waals surface area (Å²) in [4.78, 5) is 22.7. The first-order chi connectivity index (χ1) is 12.6. The summed E-state index contributed by atoms with van der Waals surface area (Å²) in [7, 11) is -2.65. The molecule has 0 fully saturated rings. The SMILES string of the molecule is COC(=O)c1ccc(C(=O)OC)c(S(=O)(=O)Nc2ccc(F)c(F)c2F)c1. The average Bonchev–Trinajstić information content (AvgIpc) is 2.66. The van der Waals surface area contributed by atoms with Crippen molar-refractivity contribution in [3.63, 3.8) is 0 Å². The van der Waals surface area contributed by atoms with Gasteiger partial charge in [-0.15, -0.1) is 0 Å². The van der Waals surface area contributed by atoms with Crippen LogP contribution in [-0.2, 0) is 19.5 Å². The summed E-state index contributed by atoms with van der Waals surface area (Å²) in [6.07, 6.45) is 0. The topological polar surface area (TPSA) is 98.8 Å². The molecule has 0 spiro atoms. The highest BCUT2D eigenvalue weighted by molar-refractivity contribution is 7.92. The second-order valence-corrected chi connectivity index (χ2v) is 6.67. The van der Waals surface area contributed by atoms with E-state index >= 15 is 0 Å². The van der Waals surface area contributed by atoms with Crippen LogP contribution in [0.4, 0.5) is 18.9 Å². The minimum atomic E-state index is -4.70. The highest BCUT2D eigenvalue weighted by Crippen LogP contribution is 2.26. The number of carbonyl (C=O) groups excluding carboxylic acids is 2. The van der Waals surface area contributed by atoms with E-state index in [2.05, 4.69) is 9.47 Å². The van der Waals surface area contributed by atoms with E-state index in [1.54, 1.807) is 4.72 Å². The van der Waals surface area contributed by atoms with Crippen molar-refractivity contribution in [3.8, 4) is 0 Å². The van der Waals surface area contributed by atoms with E-state index in [4.69, 9.17) is 0 Å². The monoisotopic (exact) mass is 403 g/mol. The van der Waals surface area contributed by atoms with Crippen LogP contribution in [0.3, 0.4) is 0 Å². The van der Waals surface area contributed by atoms with Crippen molar-refractivity contribution in [1.82, 2.24) is 0 Å². The largest absolute Gasteiger partial charge is 0.465 e. The van der Waals surface area contributed by atoms with Crippen molar-refractivity contribution >= 4 is 27.6 Å². The Hall–Kier alpha value is -3.08. The lowest BCUT2D eigenvalue weighted by Crippen LogP contribution is -2.19. The molecule has 0 bridgehead atoms. The smallest absolute Gasteiger partial charge is 0.339 e. The van der Waals surface area contributed by atoms with Crippen LogP contribution in [0.25, 0.3) is 0 Å². The lowest BCUT2D eigenvalue weighted by molar-refractivity contribution is 0.0583. The summed E-state index contributed by atoms with van der Waals surface area (Å²) in [5.41, 5.74) is -1.59. The van der Waals surface area contributed by atoms with Crippen LogP contribution < -0.4 is 4.72 Å². The van der Waals surface area contributed by atoms with Gasteiger partial charge < -0.3 is 9.47 Å². The first-order valence-electron chi connectivity index (χ1n) is 7.09. The minimum Gasteiger partial charge on any atom is -0.465 e. The number of anilines is 1. The van der Waals surface area contributed by atoms with Gasteiger partial charge in [-0.1, -0.05) is 0 Å². The van der Waals surface area contributed by atoms with Crippen molar-refractivity contribution in [1.29, 1.82) is 0 Å². The van der Waals surface area contributed by atoms with Crippen LogP contribution >= 0.6 is 0 Å². The molecule has 1 N–H and O–H groups in total. The molecule has 0 atom stereocenters. The zero-order valence-corrected chi connectivity index (χ0v) is 14.7. The molecule has 0 amide bonds. The number of ether oxygens (including phenoxy) is 2. The van der Waals surface area contributed by atoms with Crippen LogP contribution in [0, 0.1) is 17.5 Å². The Morgan fingerprint density at radius 1 is 0.926 bits per heavy atom. The van der Waals surface area contributed by atoms with Crippen LogP contribution in [-0.4, -0.2) is 34.6 Å². The van der Waals surface area contributed by atoms with Crippen LogP contribution in [0.15, 0.2) is 35.2 Å². The maximum atomic E-state index is 13.8. The number of nitrogens with one attached hydrogen (secondary N) is 1. The summed E-state index contributed by atoms with van der Waals surface area (Å²) in [6.45, 7) is 0. The van der Waals surface area contributed by atoms with Gasteiger partial charge in [-0.3, -0.25) is 4.72 Å². The molecule has 0 aliphatic heterocycles. The molecular formula is C16H12F3NO6S. The van der Waals surface area contributed by atoms with Crippen LogP contribution in [0.2, 0.25) is 0 Å².